The number of aryl methyl sites for hydroxylation is 1. The lowest BCUT2D eigenvalue weighted by molar-refractivity contribution is -0.392. The molecule has 3 heterocycles. The first kappa shape index (κ1) is 20.8. The molecule has 0 spiro atoms. The molecule has 0 aliphatic rings. The van der Waals surface area contributed by atoms with Gasteiger partial charge in [-0.05, 0) is 28.5 Å². The first-order valence-corrected chi connectivity index (χ1v) is 11.3. The van der Waals surface area contributed by atoms with E-state index in [0.29, 0.717) is 29.1 Å². The molecule has 0 amide bonds. The van der Waals surface area contributed by atoms with Crippen LogP contribution in [0.4, 0.5) is 5.82 Å². The molecular formula is C23H19N7O2S. The third-order valence-corrected chi connectivity index (χ3v) is 6.24. The van der Waals surface area contributed by atoms with Crippen LogP contribution in [0.15, 0.2) is 78.3 Å². The summed E-state index contributed by atoms with van der Waals surface area (Å²) < 4.78 is 3.63. The van der Waals surface area contributed by atoms with Gasteiger partial charge < -0.3 is 10.1 Å². The van der Waals surface area contributed by atoms with E-state index in [1.165, 1.54) is 18.0 Å². The lowest BCUT2D eigenvalue weighted by Gasteiger charge is -2.13. The highest BCUT2D eigenvalue weighted by Gasteiger charge is 2.20. The quantitative estimate of drug-likeness (QED) is 0.198. The van der Waals surface area contributed by atoms with Crippen molar-refractivity contribution in [1.82, 2.24) is 29.3 Å². The highest BCUT2D eigenvalue weighted by molar-refractivity contribution is 7.99. The topological polar surface area (TPSA) is 105 Å². The Kier molecular flexibility index (Phi) is 5.57. The number of benzene rings is 2. The number of imidazole rings is 1. The fourth-order valence-electron chi connectivity index (χ4n) is 3.77. The van der Waals surface area contributed by atoms with Crippen LogP contribution >= 0.6 is 11.8 Å². The van der Waals surface area contributed by atoms with Gasteiger partial charge in [0, 0.05) is 36.0 Å². The van der Waals surface area contributed by atoms with Gasteiger partial charge in [-0.3, -0.25) is 9.55 Å². The molecule has 164 valence electrons. The van der Waals surface area contributed by atoms with E-state index in [0.717, 1.165) is 22.0 Å². The summed E-state index contributed by atoms with van der Waals surface area (Å²) in [5, 5.41) is 23.1. The van der Waals surface area contributed by atoms with Gasteiger partial charge in [0.2, 0.25) is 0 Å². The van der Waals surface area contributed by atoms with E-state index in [9.17, 15) is 10.1 Å². The van der Waals surface area contributed by atoms with Gasteiger partial charge in [-0.2, -0.15) is 0 Å². The summed E-state index contributed by atoms with van der Waals surface area (Å²) >= 11 is 1.49. The molecule has 0 aliphatic heterocycles. The van der Waals surface area contributed by atoms with Crippen molar-refractivity contribution in [2.24, 2.45) is 0 Å². The van der Waals surface area contributed by atoms with Crippen molar-refractivity contribution in [3.05, 3.63) is 89.1 Å². The van der Waals surface area contributed by atoms with Crippen LogP contribution in [0.3, 0.4) is 0 Å². The van der Waals surface area contributed by atoms with Gasteiger partial charge in [0.15, 0.2) is 16.8 Å². The molecule has 9 nitrogen and oxygen atoms in total. The summed E-state index contributed by atoms with van der Waals surface area (Å²) in [7, 11) is 0. The minimum absolute atomic E-state index is 0.0142. The van der Waals surface area contributed by atoms with Gasteiger partial charge in [0.05, 0.1) is 5.69 Å². The van der Waals surface area contributed by atoms with Gasteiger partial charge in [-0.1, -0.05) is 48.2 Å². The number of nitro groups is 1. The van der Waals surface area contributed by atoms with E-state index in [1.807, 2.05) is 41.0 Å². The second-order valence-electron chi connectivity index (χ2n) is 7.30. The number of thioether (sulfide) groups is 1. The van der Waals surface area contributed by atoms with Gasteiger partial charge in [0.25, 0.3) is 0 Å². The SMILES string of the molecule is Cc1ncc([N+](=O)[O-])n1CCSc1nnc(-c2cccnc2)n1-c1cccc2ccccc12. The average molecular weight is 458 g/mol. The molecule has 0 saturated carbocycles. The molecule has 0 N–H and O–H groups in total. The van der Waals surface area contributed by atoms with E-state index in [-0.39, 0.29) is 5.82 Å². The molecule has 3 aromatic heterocycles. The van der Waals surface area contributed by atoms with Crippen molar-refractivity contribution in [3.63, 3.8) is 0 Å². The molecule has 0 aliphatic carbocycles. The standard InChI is InChI=1S/C23H19N7O2S/c1-16-25-15-21(30(31)32)28(16)12-13-33-23-27-26-22(18-8-5-11-24-14-18)29(23)20-10-4-7-17-6-2-3-9-19(17)20/h2-11,14-15H,12-13H2,1H3. The van der Waals surface area contributed by atoms with Crippen LogP contribution in [0.5, 0.6) is 0 Å². The van der Waals surface area contributed by atoms with E-state index >= 15 is 0 Å². The summed E-state index contributed by atoms with van der Waals surface area (Å²) in [6, 6.07) is 18.1. The van der Waals surface area contributed by atoms with E-state index in [2.05, 4.69) is 38.4 Å². The van der Waals surface area contributed by atoms with Crippen LogP contribution in [0.25, 0.3) is 27.8 Å². The molecule has 0 saturated heterocycles. The predicted octanol–water partition coefficient (Wildman–Crippen LogP) is 4.69. The molecule has 0 unspecified atom stereocenters. The highest BCUT2D eigenvalue weighted by atomic mass is 32.2. The second kappa shape index (κ2) is 8.83. The number of fused-ring (bicyclic) bond motifs is 1. The maximum absolute atomic E-state index is 11.3. The zero-order chi connectivity index (χ0) is 22.8. The molecule has 10 heteroatoms. The van der Waals surface area contributed by atoms with Gasteiger partial charge in [-0.25, -0.2) is 9.55 Å². The molecule has 0 fully saturated rings. The van der Waals surface area contributed by atoms with Gasteiger partial charge in [-0.15, -0.1) is 10.2 Å². The fraction of sp³-hybridized carbons (Fsp3) is 0.130. The minimum Gasteiger partial charge on any atom is -0.358 e. The van der Waals surface area contributed by atoms with Crippen molar-refractivity contribution in [2.45, 2.75) is 18.6 Å². The Morgan fingerprint density at radius 1 is 1.03 bits per heavy atom. The molecule has 5 rings (SSSR count). The zero-order valence-electron chi connectivity index (χ0n) is 17.7. The third kappa shape index (κ3) is 3.96. The zero-order valence-corrected chi connectivity index (χ0v) is 18.5. The number of pyridine rings is 1. The van der Waals surface area contributed by atoms with Crippen molar-refractivity contribution in [1.29, 1.82) is 0 Å². The predicted molar refractivity (Wildman–Crippen MR) is 126 cm³/mol. The number of hydrogen-bond donors (Lipinski definition) is 0. The van der Waals surface area contributed by atoms with Gasteiger partial charge in [0.1, 0.15) is 12.7 Å². The molecule has 0 atom stereocenters. The lowest BCUT2D eigenvalue weighted by Crippen LogP contribution is -2.07. The maximum Gasteiger partial charge on any atom is 0.342 e. The maximum atomic E-state index is 11.3. The normalized spacial score (nSPS) is 11.2. The molecule has 0 bridgehead atoms. The summed E-state index contributed by atoms with van der Waals surface area (Å²) in [6.45, 7) is 2.19. The summed E-state index contributed by atoms with van der Waals surface area (Å²) in [6.07, 6.45) is 4.77. The fourth-order valence-corrected chi connectivity index (χ4v) is 4.64. The number of aromatic nitrogens is 6. The monoisotopic (exact) mass is 457 g/mol. The Balaban J connectivity index is 1.54. The molecule has 2 aromatic carbocycles. The Labute approximate surface area is 193 Å². The van der Waals surface area contributed by atoms with E-state index < -0.39 is 4.92 Å². The summed E-state index contributed by atoms with van der Waals surface area (Å²) in [4.78, 5) is 19.2. The first-order chi connectivity index (χ1) is 16.1. The number of nitrogens with zero attached hydrogens (tertiary/aromatic N) is 7. The van der Waals surface area contributed by atoms with Crippen molar-refractivity contribution in [3.8, 4) is 17.1 Å². The number of hydrogen-bond acceptors (Lipinski definition) is 7. The van der Waals surface area contributed by atoms with Crippen LogP contribution in [0, 0.1) is 17.0 Å². The van der Waals surface area contributed by atoms with Crippen LogP contribution < -0.4 is 0 Å². The molecule has 5 aromatic rings. The Morgan fingerprint density at radius 2 is 1.88 bits per heavy atom. The van der Waals surface area contributed by atoms with Crippen molar-refractivity contribution < 1.29 is 4.92 Å². The molecule has 0 radical (unpaired) electrons. The third-order valence-electron chi connectivity index (χ3n) is 5.33. The highest BCUT2D eigenvalue weighted by Crippen LogP contribution is 2.32. The summed E-state index contributed by atoms with van der Waals surface area (Å²) in [5.74, 6) is 1.84. The van der Waals surface area contributed by atoms with Crippen LogP contribution in [0.1, 0.15) is 5.82 Å². The largest absolute Gasteiger partial charge is 0.358 e. The Hall–Kier alpha value is -4.05. The average Bonchev–Trinajstić information content (AvgIpc) is 3.43. The number of rotatable bonds is 7. The van der Waals surface area contributed by atoms with E-state index in [1.54, 1.807) is 23.9 Å². The minimum atomic E-state index is -0.413. The second-order valence-corrected chi connectivity index (χ2v) is 8.36. The van der Waals surface area contributed by atoms with Crippen LogP contribution in [0.2, 0.25) is 0 Å². The smallest absolute Gasteiger partial charge is 0.342 e. The van der Waals surface area contributed by atoms with Gasteiger partial charge >= 0.3 is 5.82 Å². The Morgan fingerprint density at radius 3 is 2.70 bits per heavy atom. The summed E-state index contributed by atoms with van der Waals surface area (Å²) in [5.41, 5.74) is 1.81. The van der Waals surface area contributed by atoms with E-state index in [4.69, 9.17) is 0 Å². The van der Waals surface area contributed by atoms with Crippen LogP contribution in [-0.2, 0) is 6.54 Å². The first-order valence-electron chi connectivity index (χ1n) is 10.3. The molecule has 33 heavy (non-hydrogen) atoms. The van der Waals surface area contributed by atoms with Crippen molar-refractivity contribution >= 4 is 28.4 Å². The molecular weight excluding hydrogens is 438 g/mol. The Bertz CT molecular complexity index is 1440. The lowest BCUT2D eigenvalue weighted by atomic mass is 10.1. The van der Waals surface area contributed by atoms with Crippen LogP contribution in [-0.4, -0.2) is 40.0 Å². The van der Waals surface area contributed by atoms with Crippen molar-refractivity contribution in [2.75, 3.05) is 5.75 Å².